The van der Waals surface area contributed by atoms with Gasteiger partial charge in [-0.15, -0.1) is 11.8 Å². The Morgan fingerprint density at radius 1 is 1.18 bits per heavy atom. The number of hydrazine groups is 1. The number of amides is 3. The predicted molar refractivity (Wildman–Crippen MR) is 138 cm³/mol. The van der Waals surface area contributed by atoms with Gasteiger partial charge >= 0.3 is 11.9 Å². The highest BCUT2D eigenvalue weighted by Gasteiger charge is 2.45. The van der Waals surface area contributed by atoms with Crippen molar-refractivity contribution in [2.45, 2.75) is 70.2 Å². The maximum atomic E-state index is 13.5. The topological polar surface area (TPSA) is 152 Å². The number of fused-ring (bicyclic) bond motifs is 2. The zero-order valence-corrected chi connectivity index (χ0v) is 23.0. The first kappa shape index (κ1) is 28.5. The van der Waals surface area contributed by atoms with Gasteiger partial charge in [0.05, 0.1) is 10.7 Å². The molecule has 0 aromatic heterocycles. The molecule has 12 nitrogen and oxygen atoms in total. The molecule has 39 heavy (non-hydrogen) atoms. The number of benzene rings is 1. The lowest BCUT2D eigenvalue weighted by Crippen LogP contribution is -2.62. The van der Waals surface area contributed by atoms with Crippen LogP contribution >= 0.6 is 11.8 Å². The molecule has 2 fully saturated rings. The number of thioether (sulfide) groups is 1. The van der Waals surface area contributed by atoms with Gasteiger partial charge in [-0.2, -0.15) is 0 Å². The monoisotopic (exact) mass is 563 g/mol. The van der Waals surface area contributed by atoms with E-state index in [9.17, 15) is 29.1 Å². The van der Waals surface area contributed by atoms with Crippen molar-refractivity contribution < 1.29 is 43.3 Å². The van der Waals surface area contributed by atoms with Gasteiger partial charge in [0.15, 0.2) is 17.5 Å². The number of ether oxygens (including phenoxy) is 3. The minimum absolute atomic E-state index is 0.0112. The highest BCUT2D eigenvalue weighted by atomic mass is 32.2. The predicted octanol–water partition coefficient (Wildman–Crippen LogP) is 1.70. The fourth-order valence-corrected chi connectivity index (χ4v) is 5.42. The van der Waals surface area contributed by atoms with Crippen LogP contribution in [0.3, 0.4) is 0 Å². The fourth-order valence-electron chi connectivity index (χ4n) is 4.55. The van der Waals surface area contributed by atoms with Gasteiger partial charge in [0.25, 0.3) is 5.91 Å². The van der Waals surface area contributed by atoms with Crippen molar-refractivity contribution in [2.75, 3.05) is 19.3 Å². The zero-order chi connectivity index (χ0) is 28.3. The number of carbonyl (C=O) groups excluding carboxylic acids is 4. The van der Waals surface area contributed by atoms with E-state index in [1.807, 2.05) is 0 Å². The Morgan fingerprint density at radius 2 is 1.92 bits per heavy atom. The van der Waals surface area contributed by atoms with Crippen LogP contribution in [0.1, 0.15) is 52.0 Å². The number of esters is 1. The smallest absolute Gasteiger partial charge is 0.328 e. The van der Waals surface area contributed by atoms with Gasteiger partial charge < -0.3 is 24.6 Å². The van der Waals surface area contributed by atoms with Crippen LogP contribution in [-0.4, -0.2) is 81.4 Å². The number of aliphatic carboxylic acids is 1. The molecule has 212 valence electrons. The maximum absolute atomic E-state index is 13.5. The Bertz CT molecular complexity index is 1150. The minimum Gasteiger partial charge on any atom is -0.480 e. The largest absolute Gasteiger partial charge is 0.480 e. The molecule has 0 radical (unpaired) electrons. The van der Waals surface area contributed by atoms with Crippen LogP contribution in [0, 0.1) is 5.41 Å². The van der Waals surface area contributed by atoms with Gasteiger partial charge in [-0.3, -0.25) is 24.2 Å². The van der Waals surface area contributed by atoms with Gasteiger partial charge in [0.1, 0.15) is 12.0 Å². The highest BCUT2D eigenvalue weighted by molar-refractivity contribution is 8.00. The molecule has 2 N–H and O–H groups in total. The van der Waals surface area contributed by atoms with E-state index >= 15 is 0 Å². The first-order valence-electron chi connectivity index (χ1n) is 12.8. The summed E-state index contributed by atoms with van der Waals surface area (Å²) in [6, 6.07) is 3.05. The second kappa shape index (κ2) is 11.7. The average molecular weight is 564 g/mol. The van der Waals surface area contributed by atoms with Crippen molar-refractivity contribution in [2.24, 2.45) is 5.41 Å². The van der Waals surface area contributed by atoms with Crippen molar-refractivity contribution in [3.8, 4) is 11.5 Å². The zero-order valence-electron chi connectivity index (χ0n) is 22.1. The molecule has 0 aliphatic carbocycles. The van der Waals surface area contributed by atoms with E-state index < -0.39 is 46.5 Å². The molecule has 3 heterocycles. The molecular formula is C26H33N3O9S. The van der Waals surface area contributed by atoms with Gasteiger partial charge in [-0.25, -0.2) is 9.80 Å². The standard InChI is InChI=1S/C26H33N3O9S/c1-26(2,3)25(35)38-14-39-20(12-15-6-8-18-19(11-15)37-13-36-18)22(31)27-16-7-9-21(30)28-10-4-5-17(24(33)34)29(28)23(16)32/h6,8,11,16-17,20H,4-5,7,9-10,12-14H2,1-3H3,(H,27,31)(H,33,34)/t16?,17-,20+/m0/s1. The van der Waals surface area contributed by atoms with Gasteiger partial charge in [-0.05, 0) is 64.2 Å². The van der Waals surface area contributed by atoms with Gasteiger partial charge in [0.2, 0.25) is 18.6 Å². The SMILES string of the molecule is CC(C)(C)C(=O)OCS[C@H](Cc1ccc2c(c1)OCO2)C(=O)NC1CCC(=O)N2CCC[C@@H](C(=O)O)N2C1=O. The lowest BCUT2D eigenvalue weighted by atomic mass is 9.98. The quantitative estimate of drug-likeness (QED) is 0.353. The maximum Gasteiger partial charge on any atom is 0.328 e. The molecule has 1 unspecified atom stereocenters. The first-order valence-corrected chi connectivity index (χ1v) is 13.8. The van der Waals surface area contributed by atoms with E-state index in [1.165, 1.54) is 5.01 Å². The molecule has 1 aromatic rings. The van der Waals surface area contributed by atoms with Crippen LogP contribution in [0.2, 0.25) is 0 Å². The Hall–Kier alpha value is -3.48. The Morgan fingerprint density at radius 3 is 2.64 bits per heavy atom. The fraction of sp³-hybridized carbons (Fsp3) is 0.577. The summed E-state index contributed by atoms with van der Waals surface area (Å²) in [4.78, 5) is 63.8. The molecule has 13 heteroatoms. The van der Waals surface area contributed by atoms with E-state index in [2.05, 4.69) is 5.32 Å². The van der Waals surface area contributed by atoms with Gasteiger partial charge in [-0.1, -0.05) is 6.07 Å². The Kier molecular flexibility index (Phi) is 8.57. The molecule has 0 bridgehead atoms. The Labute approximate surface area is 230 Å². The lowest BCUT2D eigenvalue weighted by Gasteiger charge is -2.41. The summed E-state index contributed by atoms with van der Waals surface area (Å²) in [6.07, 6.45) is 0.942. The third kappa shape index (κ3) is 6.57. The average Bonchev–Trinajstić information content (AvgIpc) is 3.32. The molecular weight excluding hydrogens is 530 g/mol. The normalized spacial score (nSPS) is 21.6. The van der Waals surface area contributed by atoms with E-state index in [0.717, 1.165) is 22.3 Å². The summed E-state index contributed by atoms with van der Waals surface area (Å²) in [7, 11) is 0. The molecule has 3 aliphatic heterocycles. The third-order valence-electron chi connectivity index (χ3n) is 6.69. The first-order chi connectivity index (χ1) is 18.5. The summed E-state index contributed by atoms with van der Waals surface area (Å²) in [5, 5.41) is 13.8. The summed E-state index contributed by atoms with van der Waals surface area (Å²) < 4.78 is 16.2. The van der Waals surface area contributed by atoms with Crippen LogP contribution in [-0.2, 0) is 35.1 Å². The van der Waals surface area contributed by atoms with Crippen LogP contribution in [0.4, 0.5) is 0 Å². The molecule has 0 saturated carbocycles. The van der Waals surface area contributed by atoms with E-state index in [-0.39, 0.29) is 50.9 Å². The Balaban J connectivity index is 1.51. The van der Waals surface area contributed by atoms with Crippen LogP contribution in [0.15, 0.2) is 18.2 Å². The number of carboxylic acid groups (broad SMARTS) is 1. The van der Waals surface area contributed by atoms with Crippen LogP contribution in [0.25, 0.3) is 0 Å². The van der Waals surface area contributed by atoms with E-state index in [4.69, 9.17) is 14.2 Å². The number of hydrogen-bond acceptors (Lipinski definition) is 9. The van der Waals surface area contributed by atoms with Gasteiger partial charge in [0, 0.05) is 13.0 Å². The summed E-state index contributed by atoms with van der Waals surface area (Å²) in [6.45, 7) is 5.53. The van der Waals surface area contributed by atoms with Crippen molar-refractivity contribution in [1.29, 1.82) is 0 Å². The van der Waals surface area contributed by atoms with Crippen molar-refractivity contribution in [3.05, 3.63) is 23.8 Å². The van der Waals surface area contributed by atoms with Crippen molar-refractivity contribution >= 4 is 41.4 Å². The summed E-state index contributed by atoms with van der Waals surface area (Å²) in [5.41, 5.74) is 0.0558. The second-order valence-electron chi connectivity index (χ2n) is 10.6. The molecule has 3 amide bonds. The van der Waals surface area contributed by atoms with E-state index in [0.29, 0.717) is 17.9 Å². The molecule has 2 saturated heterocycles. The van der Waals surface area contributed by atoms with E-state index in [1.54, 1.807) is 39.0 Å². The number of carbonyl (C=O) groups is 5. The van der Waals surface area contributed by atoms with Crippen molar-refractivity contribution in [3.63, 3.8) is 0 Å². The highest BCUT2D eigenvalue weighted by Crippen LogP contribution is 2.34. The number of rotatable bonds is 8. The van der Waals surface area contributed by atoms with Crippen LogP contribution < -0.4 is 14.8 Å². The minimum atomic E-state index is -1.20. The number of hydrogen-bond donors (Lipinski definition) is 2. The van der Waals surface area contributed by atoms with Crippen LogP contribution in [0.5, 0.6) is 11.5 Å². The molecule has 3 aliphatic rings. The number of nitrogens with one attached hydrogen (secondary N) is 1. The number of carboxylic acids is 1. The van der Waals surface area contributed by atoms with Crippen molar-refractivity contribution in [1.82, 2.24) is 15.3 Å². The summed E-state index contributed by atoms with van der Waals surface area (Å²) in [5.74, 6) is -2.04. The molecule has 4 rings (SSSR count). The lowest BCUT2D eigenvalue weighted by molar-refractivity contribution is -0.180. The number of nitrogens with zero attached hydrogens (tertiary/aromatic N) is 2. The second-order valence-corrected chi connectivity index (χ2v) is 11.8. The third-order valence-corrected chi connectivity index (χ3v) is 7.72. The molecule has 3 atom stereocenters. The summed E-state index contributed by atoms with van der Waals surface area (Å²) >= 11 is 1.10. The molecule has 1 aromatic carbocycles. The molecule has 0 spiro atoms.